The van der Waals surface area contributed by atoms with Crippen molar-refractivity contribution in [2.75, 3.05) is 0 Å². The fraction of sp³-hybridized carbons (Fsp3) is 0.375. The molecule has 10 heavy (non-hydrogen) atoms. The second-order valence-electron chi connectivity index (χ2n) is 2.51. The van der Waals surface area contributed by atoms with Crippen molar-refractivity contribution < 1.29 is 8.78 Å². The lowest BCUT2D eigenvalue weighted by atomic mass is 9.97. The Balaban J connectivity index is 2.90. The highest BCUT2D eigenvalue weighted by Crippen LogP contribution is 2.28. The van der Waals surface area contributed by atoms with E-state index in [1.807, 2.05) is 0 Å². The van der Waals surface area contributed by atoms with Crippen LogP contribution in [0.3, 0.4) is 0 Å². The standard InChI is InChI=1S/C8H9F2/c1-5-3-7(9)6(2)8(10)4-5/h3-5H,1-2H3. The number of allylic oxidation sites excluding steroid dienone is 4. The first kappa shape index (κ1) is 7.45. The summed E-state index contributed by atoms with van der Waals surface area (Å²) in [6, 6.07) is 0. The first-order valence-electron chi connectivity index (χ1n) is 3.20. The van der Waals surface area contributed by atoms with E-state index in [2.05, 4.69) is 0 Å². The van der Waals surface area contributed by atoms with Crippen LogP contribution in [-0.4, -0.2) is 0 Å². The lowest BCUT2D eigenvalue weighted by Crippen LogP contribution is -2.01. The maximum atomic E-state index is 12.6. The van der Waals surface area contributed by atoms with Gasteiger partial charge in [-0.05, 0) is 18.9 Å². The minimum absolute atomic E-state index is 0.109. The molecule has 0 heterocycles. The molecule has 0 aromatic heterocycles. The van der Waals surface area contributed by atoms with Crippen LogP contribution >= 0.6 is 0 Å². The molecule has 0 aromatic carbocycles. The van der Waals surface area contributed by atoms with Crippen LogP contribution < -0.4 is 0 Å². The summed E-state index contributed by atoms with van der Waals surface area (Å²) in [5.41, 5.74) is 0.109. The lowest BCUT2D eigenvalue weighted by molar-refractivity contribution is 0.555. The maximum absolute atomic E-state index is 12.6. The van der Waals surface area contributed by atoms with E-state index in [-0.39, 0.29) is 11.5 Å². The second-order valence-corrected chi connectivity index (χ2v) is 2.51. The normalized spacial score (nSPS) is 26.8. The Labute approximate surface area is 59.2 Å². The summed E-state index contributed by atoms with van der Waals surface area (Å²) in [6.45, 7) is 3.18. The van der Waals surface area contributed by atoms with Gasteiger partial charge in [-0.2, -0.15) is 0 Å². The Morgan fingerprint density at radius 3 is 2.50 bits per heavy atom. The topological polar surface area (TPSA) is 0 Å². The number of hydrogen-bond donors (Lipinski definition) is 0. The van der Waals surface area contributed by atoms with E-state index < -0.39 is 11.7 Å². The fourth-order valence-corrected chi connectivity index (χ4v) is 0.874. The minimum Gasteiger partial charge on any atom is -0.211 e. The van der Waals surface area contributed by atoms with Crippen molar-refractivity contribution in [1.29, 1.82) is 0 Å². The van der Waals surface area contributed by atoms with Gasteiger partial charge in [0.25, 0.3) is 0 Å². The molecule has 55 valence electrons. The predicted molar refractivity (Wildman–Crippen MR) is 36.5 cm³/mol. The molecular formula is C8H9F2. The van der Waals surface area contributed by atoms with Crippen molar-refractivity contribution in [2.45, 2.75) is 13.8 Å². The highest BCUT2D eigenvalue weighted by molar-refractivity contribution is 5.35. The van der Waals surface area contributed by atoms with Gasteiger partial charge in [-0.1, -0.05) is 6.92 Å². The van der Waals surface area contributed by atoms with E-state index in [9.17, 15) is 8.78 Å². The van der Waals surface area contributed by atoms with Crippen LogP contribution in [0.2, 0.25) is 0 Å². The van der Waals surface area contributed by atoms with Crippen molar-refractivity contribution in [1.82, 2.24) is 0 Å². The highest BCUT2D eigenvalue weighted by Gasteiger charge is 2.16. The first-order valence-corrected chi connectivity index (χ1v) is 3.20. The van der Waals surface area contributed by atoms with Gasteiger partial charge >= 0.3 is 0 Å². The van der Waals surface area contributed by atoms with Gasteiger partial charge in [0, 0.05) is 12.0 Å². The van der Waals surface area contributed by atoms with Crippen LogP contribution in [0, 0.1) is 12.3 Å². The van der Waals surface area contributed by atoms with Gasteiger partial charge < -0.3 is 0 Å². The monoisotopic (exact) mass is 143 g/mol. The molecule has 2 heteroatoms. The van der Waals surface area contributed by atoms with Gasteiger partial charge in [0.05, 0.1) is 0 Å². The van der Waals surface area contributed by atoms with Crippen LogP contribution in [0.1, 0.15) is 13.8 Å². The molecular weight excluding hydrogens is 134 g/mol. The third-order valence-corrected chi connectivity index (χ3v) is 1.53. The molecule has 0 saturated heterocycles. The van der Waals surface area contributed by atoms with E-state index >= 15 is 0 Å². The molecule has 1 aliphatic rings. The summed E-state index contributed by atoms with van der Waals surface area (Å²) in [5, 5.41) is 0. The van der Waals surface area contributed by atoms with Crippen molar-refractivity contribution >= 4 is 0 Å². The molecule has 0 aliphatic heterocycles. The molecule has 0 nitrogen and oxygen atoms in total. The Hall–Kier alpha value is -0.660. The Morgan fingerprint density at radius 1 is 1.40 bits per heavy atom. The summed E-state index contributed by atoms with van der Waals surface area (Å²) < 4.78 is 25.2. The smallest absolute Gasteiger partial charge is 0.125 e. The predicted octanol–water partition coefficient (Wildman–Crippen LogP) is 2.94. The van der Waals surface area contributed by atoms with Crippen LogP contribution in [0.5, 0.6) is 0 Å². The number of halogens is 2. The zero-order valence-electron chi connectivity index (χ0n) is 5.99. The van der Waals surface area contributed by atoms with Crippen molar-refractivity contribution in [3.05, 3.63) is 29.7 Å². The van der Waals surface area contributed by atoms with E-state index in [0.29, 0.717) is 0 Å². The lowest BCUT2D eigenvalue weighted by Gasteiger charge is -2.12. The van der Waals surface area contributed by atoms with Crippen molar-refractivity contribution in [3.8, 4) is 0 Å². The third-order valence-electron chi connectivity index (χ3n) is 1.53. The summed E-state index contributed by atoms with van der Waals surface area (Å²) in [5.74, 6) is -0.997. The Morgan fingerprint density at radius 2 is 2.00 bits per heavy atom. The van der Waals surface area contributed by atoms with E-state index in [0.717, 1.165) is 0 Å². The highest BCUT2D eigenvalue weighted by atomic mass is 19.1. The molecule has 0 saturated carbocycles. The van der Waals surface area contributed by atoms with E-state index in [1.54, 1.807) is 6.92 Å². The van der Waals surface area contributed by atoms with Crippen LogP contribution in [0.4, 0.5) is 8.78 Å². The zero-order valence-corrected chi connectivity index (χ0v) is 5.99. The first-order chi connectivity index (χ1) is 4.61. The number of rotatable bonds is 0. The largest absolute Gasteiger partial charge is 0.211 e. The van der Waals surface area contributed by atoms with Gasteiger partial charge in [-0.15, -0.1) is 0 Å². The van der Waals surface area contributed by atoms with Gasteiger partial charge in [0.2, 0.25) is 0 Å². The molecule has 0 amide bonds. The Bertz CT molecular complexity index is 201. The molecule has 0 bridgehead atoms. The van der Waals surface area contributed by atoms with Crippen LogP contribution in [0.25, 0.3) is 0 Å². The zero-order chi connectivity index (χ0) is 7.72. The van der Waals surface area contributed by atoms with Crippen LogP contribution in [0.15, 0.2) is 23.3 Å². The van der Waals surface area contributed by atoms with E-state index in [1.165, 1.54) is 19.4 Å². The molecule has 1 aliphatic carbocycles. The van der Waals surface area contributed by atoms with Crippen molar-refractivity contribution in [3.63, 3.8) is 0 Å². The Kier molecular flexibility index (Phi) is 1.88. The molecule has 0 fully saturated rings. The SMILES string of the molecule is CC1=C(F)[CH]C(C)C=C1F. The molecule has 1 radical (unpaired) electrons. The van der Waals surface area contributed by atoms with Crippen molar-refractivity contribution in [2.24, 2.45) is 5.92 Å². The molecule has 0 N–H and O–H groups in total. The van der Waals surface area contributed by atoms with Crippen LogP contribution in [-0.2, 0) is 0 Å². The molecule has 0 aromatic rings. The third kappa shape index (κ3) is 1.25. The minimum atomic E-state index is -0.437. The van der Waals surface area contributed by atoms with Gasteiger partial charge in [0.1, 0.15) is 11.7 Å². The number of hydrogen-bond acceptors (Lipinski definition) is 0. The molecule has 1 unspecified atom stereocenters. The fourth-order valence-electron chi connectivity index (χ4n) is 0.874. The summed E-state index contributed by atoms with van der Waals surface area (Å²) >= 11 is 0. The molecule has 0 spiro atoms. The quantitative estimate of drug-likeness (QED) is 0.489. The van der Waals surface area contributed by atoms with Gasteiger partial charge in [-0.3, -0.25) is 0 Å². The summed E-state index contributed by atoms with van der Waals surface area (Å²) in [6.07, 6.45) is 2.80. The molecule has 1 rings (SSSR count). The van der Waals surface area contributed by atoms with Gasteiger partial charge in [0.15, 0.2) is 0 Å². The molecule has 1 atom stereocenters. The summed E-state index contributed by atoms with van der Waals surface area (Å²) in [4.78, 5) is 0. The average molecular weight is 143 g/mol. The maximum Gasteiger partial charge on any atom is 0.125 e. The average Bonchev–Trinajstić information content (AvgIpc) is 1.82. The van der Waals surface area contributed by atoms with E-state index in [4.69, 9.17) is 0 Å². The van der Waals surface area contributed by atoms with Gasteiger partial charge in [-0.25, -0.2) is 8.78 Å². The summed E-state index contributed by atoms with van der Waals surface area (Å²) in [7, 11) is 0. The second kappa shape index (κ2) is 2.52.